The highest BCUT2D eigenvalue weighted by atomic mass is 79.9. The van der Waals surface area contributed by atoms with Crippen LogP contribution in [0, 0.1) is 0 Å². The predicted molar refractivity (Wildman–Crippen MR) is 91.5 cm³/mol. The topological polar surface area (TPSA) is 73.7 Å². The van der Waals surface area contributed by atoms with Crippen LogP contribution in [-0.2, 0) is 4.79 Å². The molecule has 1 amide bonds. The molecule has 0 radical (unpaired) electrons. The van der Waals surface area contributed by atoms with Crippen LogP contribution in [0.2, 0.25) is 5.02 Å². The molecule has 0 unspecified atom stereocenters. The number of carbonyl (C=O) groups is 1. The summed E-state index contributed by atoms with van der Waals surface area (Å²) >= 11 is 9.26. The van der Waals surface area contributed by atoms with Crippen molar-refractivity contribution in [3.8, 4) is 5.75 Å². The van der Waals surface area contributed by atoms with Crippen molar-refractivity contribution in [2.75, 3.05) is 11.9 Å². The Balaban J connectivity index is 1.86. The SMILES string of the molecule is O=C(CNc1ccccc1Cl)N/N=C/c1cc(Br)ccc1O. The zero-order chi connectivity index (χ0) is 15.9. The van der Waals surface area contributed by atoms with Crippen LogP contribution in [0.15, 0.2) is 52.0 Å². The molecule has 22 heavy (non-hydrogen) atoms. The fourth-order valence-electron chi connectivity index (χ4n) is 1.62. The second-order valence-corrected chi connectivity index (χ2v) is 5.65. The van der Waals surface area contributed by atoms with E-state index in [9.17, 15) is 9.90 Å². The van der Waals surface area contributed by atoms with Crippen LogP contribution in [0.3, 0.4) is 0 Å². The molecule has 0 spiro atoms. The first kappa shape index (κ1) is 16.3. The summed E-state index contributed by atoms with van der Waals surface area (Å²) in [5.74, 6) is -0.249. The molecule has 0 saturated heterocycles. The highest BCUT2D eigenvalue weighted by molar-refractivity contribution is 9.10. The number of nitrogens with one attached hydrogen (secondary N) is 2. The molecule has 2 aromatic rings. The lowest BCUT2D eigenvalue weighted by Crippen LogP contribution is -2.25. The van der Waals surface area contributed by atoms with Crippen molar-refractivity contribution >= 4 is 45.3 Å². The van der Waals surface area contributed by atoms with E-state index < -0.39 is 0 Å². The number of hydrogen-bond acceptors (Lipinski definition) is 4. The Morgan fingerprint density at radius 1 is 1.32 bits per heavy atom. The summed E-state index contributed by atoms with van der Waals surface area (Å²) in [6, 6.07) is 12.1. The largest absolute Gasteiger partial charge is 0.507 e. The van der Waals surface area contributed by atoms with Crippen LogP contribution < -0.4 is 10.7 Å². The molecular formula is C15H13BrClN3O2. The number of phenolic OH excluding ortho intramolecular Hbond substituents is 1. The van der Waals surface area contributed by atoms with E-state index in [0.29, 0.717) is 16.3 Å². The molecule has 7 heteroatoms. The number of nitrogens with zero attached hydrogens (tertiary/aromatic N) is 1. The number of hydrazone groups is 1. The molecule has 2 aromatic carbocycles. The van der Waals surface area contributed by atoms with Gasteiger partial charge in [0.15, 0.2) is 0 Å². The fourth-order valence-corrected chi connectivity index (χ4v) is 2.20. The Bertz CT molecular complexity index is 707. The van der Waals surface area contributed by atoms with Gasteiger partial charge in [-0.1, -0.05) is 39.7 Å². The summed E-state index contributed by atoms with van der Waals surface area (Å²) < 4.78 is 0.804. The average molecular weight is 383 g/mol. The predicted octanol–water partition coefficient (Wildman–Crippen LogP) is 3.37. The van der Waals surface area contributed by atoms with E-state index in [2.05, 4.69) is 31.8 Å². The Labute approximate surface area is 141 Å². The first-order valence-electron chi connectivity index (χ1n) is 6.35. The van der Waals surface area contributed by atoms with E-state index in [0.717, 1.165) is 4.47 Å². The van der Waals surface area contributed by atoms with Gasteiger partial charge in [0.2, 0.25) is 0 Å². The number of phenols is 1. The number of carbonyl (C=O) groups excluding carboxylic acids is 1. The molecule has 0 heterocycles. The number of para-hydroxylation sites is 1. The summed E-state index contributed by atoms with van der Waals surface area (Å²) in [5, 5.41) is 16.9. The maximum Gasteiger partial charge on any atom is 0.259 e. The monoisotopic (exact) mass is 381 g/mol. The number of anilines is 1. The molecule has 0 aromatic heterocycles. The van der Waals surface area contributed by atoms with Crippen molar-refractivity contribution in [1.82, 2.24) is 5.43 Å². The third-order valence-corrected chi connectivity index (χ3v) is 3.52. The van der Waals surface area contributed by atoms with Crippen molar-refractivity contribution in [3.05, 3.63) is 57.5 Å². The minimum atomic E-state index is -0.328. The number of aromatic hydroxyl groups is 1. The lowest BCUT2D eigenvalue weighted by Gasteiger charge is -2.06. The number of benzene rings is 2. The number of rotatable bonds is 5. The van der Waals surface area contributed by atoms with Gasteiger partial charge in [-0.3, -0.25) is 4.79 Å². The number of hydrogen-bond donors (Lipinski definition) is 3. The van der Waals surface area contributed by atoms with Gasteiger partial charge in [-0.2, -0.15) is 5.10 Å². The number of amides is 1. The standard InChI is InChI=1S/C15H13BrClN3O2/c16-11-5-6-14(21)10(7-11)8-19-20-15(22)9-18-13-4-2-1-3-12(13)17/h1-8,18,21H,9H2,(H,20,22)/b19-8+. The van der Waals surface area contributed by atoms with Gasteiger partial charge in [0, 0.05) is 10.0 Å². The summed E-state index contributed by atoms with van der Waals surface area (Å²) in [6.07, 6.45) is 1.37. The third-order valence-electron chi connectivity index (χ3n) is 2.70. The van der Waals surface area contributed by atoms with Crippen molar-refractivity contribution in [2.24, 2.45) is 5.10 Å². The van der Waals surface area contributed by atoms with Crippen molar-refractivity contribution in [2.45, 2.75) is 0 Å². The molecule has 0 bridgehead atoms. The van der Waals surface area contributed by atoms with E-state index in [1.54, 1.807) is 24.3 Å². The van der Waals surface area contributed by atoms with Crippen LogP contribution in [0.1, 0.15) is 5.56 Å². The molecule has 3 N–H and O–H groups in total. The minimum Gasteiger partial charge on any atom is -0.507 e. The van der Waals surface area contributed by atoms with Gasteiger partial charge in [-0.25, -0.2) is 5.43 Å². The second-order valence-electron chi connectivity index (χ2n) is 4.33. The first-order chi connectivity index (χ1) is 10.6. The lowest BCUT2D eigenvalue weighted by atomic mass is 10.2. The highest BCUT2D eigenvalue weighted by Crippen LogP contribution is 2.20. The summed E-state index contributed by atoms with van der Waals surface area (Å²) in [6.45, 7) is 0.0333. The van der Waals surface area contributed by atoms with Crippen LogP contribution in [0.5, 0.6) is 5.75 Å². The molecule has 0 aliphatic carbocycles. The molecule has 0 saturated carbocycles. The third kappa shape index (κ3) is 4.75. The smallest absolute Gasteiger partial charge is 0.259 e. The quantitative estimate of drug-likeness (QED) is 0.548. The van der Waals surface area contributed by atoms with Crippen LogP contribution in [0.4, 0.5) is 5.69 Å². The van der Waals surface area contributed by atoms with E-state index >= 15 is 0 Å². The molecule has 0 aliphatic rings. The van der Waals surface area contributed by atoms with Crippen LogP contribution in [0.25, 0.3) is 0 Å². The van der Waals surface area contributed by atoms with Gasteiger partial charge >= 0.3 is 0 Å². The van der Waals surface area contributed by atoms with Gasteiger partial charge in [-0.05, 0) is 30.3 Å². The first-order valence-corrected chi connectivity index (χ1v) is 7.52. The molecule has 0 atom stereocenters. The van der Waals surface area contributed by atoms with E-state index in [1.165, 1.54) is 12.3 Å². The van der Waals surface area contributed by atoms with Gasteiger partial charge in [0.1, 0.15) is 5.75 Å². The summed E-state index contributed by atoms with van der Waals surface area (Å²) in [5.41, 5.74) is 3.53. The van der Waals surface area contributed by atoms with Gasteiger partial charge in [0.05, 0.1) is 23.5 Å². The zero-order valence-electron chi connectivity index (χ0n) is 11.4. The highest BCUT2D eigenvalue weighted by Gasteiger charge is 2.03. The molecule has 0 fully saturated rings. The Morgan fingerprint density at radius 2 is 2.09 bits per heavy atom. The van der Waals surface area contributed by atoms with Gasteiger partial charge < -0.3 is 10.4 Å². The van der Waals surface area contributed by atoms with Crippen LogP contribution >= 0.6 is 27.5 Å². The van der Waals surface area contributed by atoms with Gasteiger partial charge in [-0.15, -0.1) is 0 Å². The second kappa shape index (κ2) is 7.82. The zero-order valence-corrected chi connectivity index (χ0v) is 13.7. The minimum absolute atomic E-state index is 0.0333. The Hall–Kier alpha value is -2.05. The Morgan fingerprint density at radius 3 is 2.86 bits per heavy atom. The van der Waals surface area contributed by atoms with Gasteiger partial charge in [0.25, 0.3) is 5.91 Å². The van der Waals surface area contributed by atoms with Crippen molar-refractivity contribution in [3.63, 3.8) is 0 Å². The molecular weight excluding hydrogens is 370 g/mol. The van der Waals surface area contributed by atoms with Crippen molar-refractivity contribution < 1.29 is 9.90 Å². The maximum absolute atomic E-state index is 11.7. The Kier molecular flexibility index (Phi) is 5.80. The fraction of sp³-hybridized carbons (Fsp3) is 0.0667. The molecule has 114 valence electrons. The molecule has 2 rings (SSSR count). The lowest BCUT2D eigenvalue weighted by molar-refractivity contribution is -0.119. The van der Waals surface area contributed by atoms with E-state index in [4.69, 9.17) is 11.6 Å². The van der Waals surface area contributed by atoms with Crippen molar-refractivity contribution in [1.29, 1.82) is 0 Å². The molecule has 0 aliphatic heterocycles. The number of halogens is 2. The van der Waals surface area contributed by atoms with E-state index in [1.807, 2.05) is 12.1 Å². The maximum atomic E-state index is 11.7. The molecule has 5 nitrogen and oxygen atoms in total. The van der Waals surface area contributed by atoms with Crippen LogP contribution in [-0.4, -0.2) is 23.8 Å². The van der Waals surface area contributed by atoms with E-state index in [-0.39, 0.29) is 18.2 Å². The normalized spacial score (nSPS) is 10.6. The average Bonchev–Trinajstić information content (AvgIpc) is 2.50. The summed E-state index contributed by atoms with van der Waals surface area (Å²) in [7, 11) is 0. The summed E-state index contributed by atoms with van der Waals surface area (Å²) in [4.78, 5) is 11.7.